The van der Waals surface area contributed by atoms with Crippen molar-refractivity contribution in [1.29, 1.82) is 5.26 Å². The summed E-state index contributed by atoms with van der Waals surface area (Å²) in [6.07, 6.45) is 7.28. The van der Waals surface area contributed by atoms with E-state index in [1.807, 2.05) is 24.4 Å². The molecule has 2 aliphatic rings. The van der Waals surface area contributed by atoms with E-state index in [1.54, 1.807) is 12.3 Å². The second-order valence-electron chi connectivity index (χ2n) is 7.95. The first kappa shape index (κ1) is 17.6. The van der Waals surface area contributed by atoms with Crippen LogP contribution in [0.1, 0.15) is 45.7 Å². The van der Waals surface area contributed by atoms with Gasteiger partial charge in [-0.1, -0.05) is 0 Å². The van der Waals surface area contributed by atoms with E-state index in [-0.39, 0.29) is 5.54 Å². The van der Waals surface area contributed by atoms with Gasteiger partial charge in [0.1, 0.15) is 11.8 Å². The first-order valence-corrected chi connectivity index (χ1v) is 9.59. The van der Waals surface area contributed by atoms with Gasteiger partial charge in [0.2, 0.25) is 0 Å². The number of H-pyrrole nitrogens is 1. The van der Waals surface area contributed by atoms with Crippen molar-refractivity contribution in [2.75, 3.05) is 0 Å². The molecule has 3 heterocycles. The number of hydrogen-bond acceptors (Lipinski definition) is 5. The Balaban J connectivity index is 1.61. The Bertz CT molecular complexity index is 1180. The van der Waals surface area contributed by atoms with Crippen molar-refractivity contribution in [2.45, 2.75) is 37.6 Å². The maximum Gasteiger partial charge on any atom is 0.337 e. The van der Waals surface area contributed by atoms with Crippen molar-refractivity contribution in [3.8, 4) is 28.6 Å². The molecule has 1 fully saturated rings. The van der Waals surface area contributed by atoms with Crippen LogP contribution in [0.4, 0.5) is 0 Å². The summed E-state index contributed by atoms with van der Waals surface area (Å²) in [5.74, 6) is -0.907. The summed E-state index contributed by atoms with van der Waals surface area (Å²) in [5, 5.41) is 18.8. The number of carboxylic acid groups (broad SMARTS) is 1. The molecule has 0 unspecified atom stereocenters. The fourth-order valence-corrected chi connectivity index (χ4v) is 4.10. The van der Waals surface area contributed by atoms with Crippen molar-refractivity contribution in [2.24, 2.45) is 5.73 Å². The van der Waals surface area contributed by atoms with E-state index < -0.39 is 5.97 Å². The van der Waals surface area contributed by atoms with Crippen LogP contribution >= 0.6 is 0 Å². The summed E-state index contributed by atoms with van der Waals surface area (Å²) >= 11 is 0. The summed E-state index contributed by atoms with van der Waals surface area (Å²) in [7, 11) is 0. The van der Waals surface area contributed by atoms with Gasteiger partial charge in [0.15, 0.2) is 0 Å². The Morgan fingerprint density at radius 1 is 1.28 bits per heavy atom. The lowest BCUT2D eigenvalue weighted by atomic mass is 9.88. The fourth-order valence-electron chi connectivity index (χ4n) is 4.10. The number of aromatic amines is 1. The second kappa shape index (κ2) is 6.26. The summed E-state index contributed by atoms with van der Waals surface area (Å²) in [4.78, 5) is 24.1. The molecule has 29 heavy (non-hydrogen) atoms. The number of aromatic carboxylic acids is 1. The molecule has 4 N–H and O–H groups in total. The number of nitrogens with zero attached hydrogens (tertiary/aromatic N) is 3. The number of nitrogens with two attached hydrogens (primary N) is 1. The van der Waals surface area contributed by atoms with Crippen molar-refractivity contribution >= 4 is 5.97 Å². The van der Waals surface area contributed by atoms with Crippen molar-refractivity contribution in [3.63, 3.8) is 0 Å². The minimum atomic E-state index is -0.907. The number of fused-ring (bicyclic) bond motifs is 3. The third-order valence-electron chi connectivity index (χ3n) is 5.89. The molecule has 7 heteroatoms. The Morgan fingerprint density at radius 2 is 2.10 bits per heavy atom. The van der Waals surface area contributed by atoms with Crippen LogP contribution in [0.15, 0.2) is 30.6 Å². The Labute approximate surface area is 167 Å². The Hall–Kier alpha value is -3.50. The second-order valence-corrected chi connectivity index (χ2v) is 7.95. The molecule has 0 spiro atoms. The van der Waals surface area contributed by atoms with Crippen LogP contribution in [0.5, 0.6) is 0 Å². The van der Waals surface area contributed by atoms with Crippen molar-refractivity contribution in [1.82, 2.24) is 15.0 Å². The number of carboxylic acids is 1. The van der Waals surface area contributed by atoms with E-state index >= 15 is 0 Å². The molecule has 1 saturated carbocycles. The molecule has 0 atom stereocenters. The zero-order valence-corrected chi connectivity index (χ0v) is 15.7. The topological polar surface area (TPSA) is 129 Å². The minimum Gasteiger partial charge on any atom is -0.478 e. The van der Waals surface area contributed by atoms with Crippen LogP contribution in [-0.4, -0.2) is 31.6 Å². The molecule has 0 amide bonds. The largest absolute Gasteiger partial charge is 0.478 e. The first-order valence-electron chi connectivity index (χ1n) is 9.59. The highest BCUT2D eigenvalue weighted by molar-refractivity contribution is 5.95. The van der Waals surface area contributed by atoms with Crippen molar-refractivity contribution < 1.29 is 9.90 Å². The molecule has 3 aromatic rings. The highest BCUT2D eigenvalue weighted by atomic mass is 16.4. The molecule has 2 aliphatic carbocycles. The summed E-state index contributed by atoms with van der Waals surface area (Å²) in [5.41, 5.74) is 12.7. The summed E-state index contributed by atoms with van der Waals surface area (Å²) in [6.45, 7) is 0. The van der Waals surface area contributed by atoms with Gasteiger partial charge in [-0.15, -0.1) is 0 Å². The number of nitrogens with one attached hydrogen (secondary N) is 1. The molecule has 0 saturated heterocycles. The minimum absolute atomic E-state index is 0.280. The highest BCUT2D eigenvalue weighted by Gasteiger charge is 2.40. The van der Waals surface area contributed by atoms with Crippen LogP contribution in [0.2, 0.25) is 0 Å². The van der Waals surface area contributed by atoms with E-state index in [2.05, 4.69) is 15.0 Å². The van der Waals surface area contributed by atoms with Gasteiger partial charge in [0, 0.05) is 41.2 Å². The van der Waals surface area contributed by atoms with Gasteiger partial charge in [0.25, 0.3) is 0 Å². The van der Waals surface area contributed by atoms with Gasteiger partial charge in [-0.2, -0.15) is 5.26 Å². The summed E-state index contributed by atoms with van der Waals surface area (Å²) in [6, 6.07) is 7.46. The number of aromatic nitrogens is 3. The maximum atomic E-state index is 12.0. The molecular weight excluding hydrogens is 366 g/mol. The number of pyridine rings is 2. The number of nitriles is 1. The predicted molar refractivity (Wildman–Crippen MR) is 106 cm³/mol. The third kappa shape index (κ3) is 2.98. The van der Waals surface area contributed by atoms with Crippen LogP contribution in [0.25, 0.3) is 22.5 Å². The smallest absolute Gasteiger partial charge is 0.337 e. The van der Waals surface area contributed by atoms with Crippen LogP contribution in [0, 0.1) is 11.3 Å². The molecule has 0 radical (unpaired) electrons. The van der Waals surface area contributed by atoms with Gasteiger partial charge < -0.3 is 15.8 Å². The lowest BCUT2D eigenvalue weighted by Crippen LogP contribution is -2.25. The average Bonchev–Trinajstić information content (AvgIpc) is 3.33. The van der Waals surface area contributed by atoms with E-state index in [4.69, 9.17) is 11.0 Å². The Kier molecular flexibility index (Phi) is 3.80. The highest BCUT2D eigenvalue weighted by Crippen LogP contribution is 2.41. The van der Waals surface area contributed by atoms with Crippen LogP contribution in [0.3, 0.4) is 0 Å². The molecule has 0 aromatic carbocycles. The summed E-state index contributed by atoms with van der Waals surface area (Å²) < 4.78 is 0. The quantitative estimate of drug-likeness (QED) is 0.633. The van der Waals surface area contributed by atoms with Crippen LogP contribution in [-0.2, 0) is 19.3 Å². The first-order chi connectivity index (χ1) is 14.0. The molecule has 3 aromatic heterocycles. The lowest BCUT2D eigenvalue weighted by molar-refractivity contribution is 0.0694. The van der Waals surface area contributed by atoms with E-state index in [9.17, 15) is 9.90 Å². The SMILES string of the molecule is N#Cc1ccc(-c2cc3c(cn2)CCc2c-3[nH]c(CC3(N)CC3)c2C(=O)O)cn1. The maximum absolute atomic E-state index is 12.0. The number of hydrogen-bond donors (Lipinski definition) is 3. The molecule has 5 rings (SSSR count). The van der Waals surface area contributed by atoms with E-state index in [1.165, 1.54) is 0 Å². The Morgan fingerprint density at radius 3 is 2.76 bits per heavy atom. The lowest BCUT2D eigenvalue weighted by Gasteiger charge is -2.17. The predicted octanol–water partition coefficient (Wildman–Crippen LogP) is 2.84. The standard InChI is InChI=1S/C22H19N5O2/c23-9-14-3-1-13(11-25-14)17-7-16-12(10-26-17)2-4-15-19(21(28)29)18(27-20(15)16)8-22(24)5-6-22/h1,3,7,10-11,27H,2,4-6,8,24H2,(H,28,29). The monoisotopic (exact) mass is 385 g/mol. The van der Waals surface area contributed by atoms with E-state index in [0.717, 1.165) is 52.9 Å². The van der Waals surface area contributed by atoms with Gasteiger partial charge in [-0.3, -0.25) is 4.98 Å². The van der Waals surface area contributed by atoms with Gasteiger partial charge in [-0.25, -0.2) is 9.78 Å². The zero-order chi connectivity index (χ0) is 20.2. The van der Waals surface area contributed by atoms with Crippen LogP contribution < -0.4 is 5.73 Å². The number of carbonyl (C=O) groups is 1. The average molecular weight is 385 g/mol. The van der Waals surface area contributed by atoms with Gasteiger partial charge in [0.05, 0.1) is 17.0 Å². The number of rotatable bonds is 4. The van der Waals surface area contributed by atoms with Crippen molar-refractivity contribution in [3.05, 3.63) is 58.7 Å². The molecule has 0 aliphatic heterocycles. The fraction of sp³-hybridized carbons (Fsp3) is 0.273. The molecule has 7 nitrogen and oxygen atoms in total. The van der Waals surface area contributed by atoms with E-state index in [0.29, 0.717) is 29.8 Å². The normalized spacial score (nSPS) is 15.9. The molecular formula is C22H19N5O2. The van der Waals surface area contributed by atoms with Gasteiger partial charge in [-0.05, 0) is 55.0 Å². The van der Waals surface area contributed by atoms with Gasteiger partial charge >= 0.3 is 5.97 Å². The zero-order valence-electron chi connectivity index (χ0n) is 15.7. The third-order valence-corrected chi connectivity index (χ3v) is 5.89. The number of aryl methyl sites for hydroxylation is 1. The molecule has 0 bridgehead atoms. The molecule has 144 valence electrons.